The zero-order valence-corrected chi connectivity index (χ0v) is 15.8. The summed E-state index contributed by atoms with van der Waals surface area (Å²) in [5.41, 5.74) is 0.366. The Kier molecular flexibility index (Phi) is 11.5. The molecule has 4 heteroatoms. The molecule has 1 unspecified atom stereocenters. The highest BCUT2D eigenvalue weighted by Crippen LogP contribution is 2.24. The normalized spacial score (nSPS) is 12.4. The molecule has 2 nitrogen and oxygen atoms in total. The molecule has 1 aromatic rings. The monoisotopic (exact) mass is 355 g/mol. The summed E-state index contributed by atoms with van der Waals surface area (Å²) in [6.07, 6.45) is 9.02. The van der Waals surface area contributed by atoms with Gasteiger partial charge in [-0.15, -0.1) is 0 Å². The minimum absolute atomic E-state index is 0.000639. The molecule has 0 N–H and O–H groups in total. The maximum absolute atomic E-state index is 14.1. The predicted molar refractivity (Wildman–Crippen MR) is 97.5 cm³/mol. The van der Waals surface area contributed by atoms with Crippen LogP contribution >= 0.6 is 0 Å². The van der Waals surface area contributed by atoms with Crippen LogP contribution in [0.15, 0.2) is 12.1 Å². The molecule has 0 fully saturated rings. The Hall–Kier alpha value is -1.16. The first-order valence-electron chi connectivity index (χ1n) is 9.85. The number of rotatable bonds is 14. The van der Waals surface area contributed by atoms with Crippen molar-refractivity contribution in [1.29, 1.82) is 0 Å². The van der Waals surface area contributed by atoms with Crippen molar-refractivity contribution in [2.24, 2.45) is 0 Å². The van der Waals surface area contributed by atoms with Crippen LogP contribution in [-0.4, -0.2) is 12.7 Å². The summed E-state index contributed by atoms with van der Waals surface area (Å²) in [5, 5.41) is 11.5. The van der Waals surface area contributed by atoms with E-state index in [4.69, 9.17) is 4.74 Å². The molecule has 0 aliphatic carbocycles. The molecule has 0 aromatic heterocycles. The van der Waals surface area contributed by atoms with E-state index in [0.29, 0.717) is 37.9 Å². The van der Waals surface area contributed by atoms with Crippen LogP contribution in [0.4, 0.5) is 8.78 Å². The van der Waals surface area contributed by atoms with Crippen LogP contribution in [0.5, 0.6) is 5.75 Å². The Bertz CT molecular complexity index is 477. The molecular formula is C21H33F2O2. The summed E-state index contributed by atoms with van der Waals surface area (Å²) in [6, 6.07) is 3.12. The first kappa shape index (κ1) is 21.9. The van der Waals surface area contributed by atoms with Gasteiger partial charge in [0.05, 0.1) is 12.7 Å². The van der Waals surface area contributed by atoms with Crippen molar-refractivity contribution in [2.75, 3.05) is 6.61 Å². The third-order valence-corrected chi connectivity index (χ3v) is 4.47. The first-order valence-corrected chi connectivity index (χ1v) is 9.85. The maximum atomic E-state index is 14.1. The summed E-state index contributed by atoms with van der Waals surface area (Å²) in [7, 11) is 0. The largest absolute Gasteiger partial charge is 0.490 e. The van der Waals surface area contributed by atoms with Crippen LogP contribution in [0.1, 0.15) is 83.6 Å². The summed E-state index contributed by atoms with van der Waals surface area (Å²) in [5.74, 6) is -1.70. The lowest BCUT2D eigenvalue weighted by Gasteiger charge is -2.11. The summed E-state index contributed by atoms with van der Waals surface area (Å²) < 4.78 is 33.6. The van der Waals surface area contributed by atoms with Gasteiger partial charge in [-0.25, -0.2) is 9.50 Å². The van der Waals surface area contributed by atoms with E-state index in [0.717, 1.165) is 32.1 Å². The zero-order chi connectivity index (χ0) is 18.5. The fourth-order valence-corrected chi connectivity index (χ4v) is 2.92. The summed E-state index contributed by atoms with van der Waals surface area (Å²) in [6.45, 7) is 4.57. The lowest BCUT2D eigenvalue weighted by molar-refractivity contribution is 0.0708. The van der Waals surface area contributed by atoms with Crippen molar-refractivity contribution in [1.82, 2.24) is 0 Å². The Morgan fingerprint density at radius 3 is 2.36 bits per heavy atom. The highest BCUT2D eigenvalue weighted by Gasteiger charge is 2.14. The topological polar surface area (TPSA) is 29.1 Å². The van der Waals surface area contributed by atoms with Crippen LogP contribution in [0.3, 0.4) is 0 Å². The number of aryl methyl sites for hydroxylation is 1. The van der Waals surface area contributed by atoms with E-state index in [9.17, 15) is 13.9 Å². The number of halogens is 2. The van der Waals surface area contributed by atoms with Gasteiger partial charge < -0.3 is 4.74 Å². The number of ether oxygens (including phenoxy) is 1. The fourth-order valence-electron chi connectivity index (χ4n) is 2.92. The molecule has 0 saturated carbocycles. The second kappa shape index (κ2) is 13.1. The number of benzene rings is 1. The molecule has 143 valence electrons. The molecule has 1 atom stereocenters. The van der Waals surface area contributed by atoms with Crippen molar-refractivity contribution in [3.8, 4) is 5.75 Å². The smallest absolute Gasteiger partial charge is 0.200 e. The minimum Gasteiger partial charge on any atom is -0.490 e. The van der Waals surface area contributed by atoms with E-state index in [1.165, 1.54) is 18.9 Å². The van der Waals surface area contributed by atoms with Gasteiger partial charge in [-0.05, 0) is 43.7 Å². The second-order valence-electron chi connectivity index (χ2n) is 6.77. The lowest BCUT2D eigenvalue weighted by atomic mass is 10.0. The Balaban J connectivity index is 2.37. The average molecular weight is 355 g/mol. The van der Waals surface area contributed by atoms with Gasteiger partial charge in [0, 0.05) is 0 Å². The molecule has 0 bridgehead atoms. The van der Waals surface area contributed by atoms with Crippen molar-refractivity contribution < 1.29 is 18.6 Å². The summed E-state index contributed by atoms with van der Waals surface area (Å²) in [4.78, 5) is 0. The third kappa shape index (κ3) is 8.66. The zero-order valence-electron chi connectivity index (χ0n) is 15.8. The van der Waals surface area contributed by atoms with E-state index < -0.39 is 17.7 Å². The van der Waals surface area contributed by atoms with Gasteiger partial charge in [0.2, 0.25) is 5.82 Å². The van der Waals surface area contributed by atoms with E-state index >= 15 is 0 Å². The molecular weight excluding hydrogens is 322 g/mol. The molecule has 1 aromatic carbocycles. The Labute approximate surface area is 151 Å². The maximum Gasteiger partial charge on any atom is 0.200 e. The first-order chi connectivity index (χ1) is 12.1. The van der Waals surface area contributed by atoms with E-state index in [-0.39, 0.29) is 5.75 Å². The van der Waals surface area contributed by atoms with E-state index in [1.54, 1.807) is 6.07 Å². The minimum atomic E-state index is -0.890. The second-order valence-corrected chi connectivity index (χ2v) is 6.77. The van der Waals surface area contributed by atoms with Gasteiger partial charge >= 0.3 is 0 Å². The quantitative estimate of drug-likeness (QED) is 0.344. The summed E-state index contributed by atoms with van der Waals surface area (Å²) >= 11 is 0. The molecule has 25 heavy (non-hydrogen) atoms. The van der Waals surface area contributed by atoms with Gasteiger partial charge in [0.15, 0.2) is 11.6 Å². The highest BCUT2D eigenvalue weighted by atomic mass is 19.2. The van der Waals surface area contributed by atoms with Gasteiger partial charge in [0.1, 0.15) is 0 Å². The molecule has 1 rings (SSSR count). The Morgan fingerprint density at radius 2 is 1.64 bits per heavy atom. The molecule has 0 spiro atoms. The van der Waals surface area contributed by atoms with E-state index in [2.05, 4.69) is 6.92 Å². The lowest BCUT2D eigenvalue weighted by Crippen LogP contribution is -2.05. The van der Waals surface area contributed by atoms with Crippen molar-refractivity contribution >= 4 is 0 Å². The number of hydrogen-bond acceptors (Lipinski definition) is 1. The van der Waals surface area contributed by atoms with Crippen LogP contribution in [0.25, 0.3) is 0 Å². The number of hydrogen-bond donors (Lipinski definition) is 0. The molecule has 0 aliphatic heterocycles. The third-order valence-electron chi connectivity index (χ3n) is 4.47. The molecule has 0 saturated heterocycles. The van der Waals surface area contributed by atoms with Crippen LogP contribution in [0.2, 0.25) is 0 Å². The predicted octanol–water partition coefficient (Wildman–Crippen LogP) is 6.63. The standard InChI is InChI=1S/C21H33F2O2/c1-3-5-6-7-10-16-25-19-15-14-17(20(22)21(19)23)12-8-9-13-18(24)11-4-2/h14-15,18H,3-13,16H2,1-2H3. The van der Waals surface area contributed by atoms with E-state index in [1.807, 2.05) is 6.92 Å². The van der Waals surface area contributed by atoms with Crippen molar-refractivity contribution in [3.63, 3.8) is 0 Å². The fraction of sp³-hybridized carbons (Fsp3) is 0.714. The average Bonchev–Trinajstić information content (AvgIpc) is 2.60. The van der Waals surface area contributed by atoms with Gasteiger partial charge in [-0.3, -0.25) is 0 Å². The van der Waals surface area contributed by atoms with Gasteiger partial charge in [-0.1, -0.05) is 58.4 Å². The van der Waals surface area contributed by atoms with Crippen LogP contribution < -0.4 is 4.74 Å². The van der Waals surface area contributed by atoms with Gasteiger partial charge in [-0.2, -0.15) is 4.39 Å². The highest BCUT2D eigenvalue weighted by molar-refractivity contribution is 5.31. The SMILES string of the molecule is CCCCCCCOc1ccc(CCCCC([O])CCC)c(F)c1F. The van der Waals surface area contributed by atoms with Crippen molar-refractivity contribution in [3.05, 3.63) is 29.3 Å². The molecule has 1 radical (unpaired) electrons. The molecule has 0 heterocycles. The van der Waals surface area contributed by atoms with Crippen LogP contribution in [0, 0.1) is 11.6 Å². The van der Waals surface area contributed by atoms with Gasteiger partial charge in [0.25, 0.3) is 0 Å². The number of unbranched alkanes of at least 4 members (excludes halogenated alkanes) is 5. The van der Waals surface area contributed by atoms with Crippen molar-refractivity contribution in [2.45, 2.75) is 90.6 Å². The molecule has 0 aliphatic rings. The Morgan fingerprint density at radius 1 is 0.880 bits per heavy atom. The van der Waals surface area contributed by atoms with Crippen LogP contribution in [-0.2, 0) is 11.5 Å². The molecule has 0 amide bonds.